The van der Waals surface area contributed by atoms with Crippen molar-refractivity contribution in [3.05, 3.63) is 16.7 Å². The van der Waals surface area contributed by atoms with Crippen LogP contribution in [0.1, 0.15) is 12.6 Å². The molecule has 1 fully saturated rings. The predicted molar refractivity (Wildman–Crippen MR) is 78.6 cm³/mol. The molecule has 11 nitrogen and oxygen atoms in total. The van der Waals surface area contributed by atoms with Crippen LogP contribution < -0.4 is 11.3 Å². The van der Waals surface area contributed by atoms with E-state index in [1.807, 2.05) is 15.6 Å². The standard InChI is InChI=1S/C10H13N5O6PSe/c11-10-13-8-7(9(17)14-10)12-3-15(8)6-1-4(16)5(21-6)2-20-22(18,19)23/h3-6,16H,1-2H2,(H,18,19)(H3,11,13,14,17)/t4-,5+,6+/m0/s1. The van der Waals surface area contributed by atoms with Crippen LogP contribution in [0.2, 0.25) is 0 Å². The van der Waals surface area contributed by atoms with Gasteiger partial charge in [0.1, 0.15) is 0 Å². The first kappa shape index (κ1) is 16.6. The Morgan fingerprint density at radius 2 is 2.39 bits per heavy atom. The second-order valence-corrected chi connectivity index (χ2v) is 9.07. The van der Waals surface area contributed by atoms with Crippen LogP contribution in [-0.2, 0) is 13.8 Å². The van der Waals surface area contributed by atoms with Crippen LogP contribution in [0.25, 0.3) is 11.2 Å². The number of nitrogen functional groups attached to an aromatic ring is 1. The Labute approximate surface area is 136 Å². The number of H-pyrrole nitrogens is 1. The van der Waals surface area contributed by atoms with Crippen LogP contribution in [0.4, 0.5) is 5.95 Å². The third kappa shape index (κ3) is 3.48. The van der Waals surface area contributed by atoms with E-state index in [1.165, 1.54) is 10.9 Å². The Balaban J connectivity index is 1.84. The molecule has 1 saturated heterocycles. The van der Waals surface area contributed by atoms with Crippen LogP contribution in [0.15, 0.2) is 11.1 Å². The van der Waals surface area contributed by atoms with Gasteiger partial charge in [0.05, 0.1) is 0 Å². The number of hydrogen-bond acceptors (Lipinski definition) is 8. The van der Waals surface area contributed by atoms with Gasteiger partial charge in [0.25, 0.3) is 0 Å². The van der Waals surface area contributed by atoms with Crippen molar-refractivity contribution < 1.29 is 23.8 Å². The molecule has 2 aromatic heterocycles. The van der Waals surface area contributed by atoms with E-state index in [4.69, 9.17) is 19.9 Å². The molecule has 0 aromatic carbocycles. The molecule has 5 N–H and O–H groups in total. The molecule has 23 heavy (non-hydrogen) atoms. The summed E-state index contributed by atoms with van der Waals surface area (Å²) >= 11 is 2.00. The Bertz CT molecular complexity index is 833. The van der Waals surface area contributed by atoms with Crippen molar-refractivity contribution >= 4 is 39.0 Å². The number of aliphatic hydroxyl groups is 1. The number of imidazole rings is 1. The van der Waals surface area contributed by atoms with Gasteiger partial charge in [-0.05, 0) is 0 Å². The number of fused-ring (bicyclic) bond motifs is 1. The van der Waals surface area contributed by atoms with Crippen LogP contribution in [0.5, 0.6) is 0 Å². The van der Waals surface area contributed by atoms with Gasteiger partial charge in [-0.25, -0.2) is 0 Å². The second kappa shape index (κ2) is 5.99. The van der Waals surface area contributed by atoms with Crippen molar-refractivity contribution in [1.82, 2.24) is 19.5 Å². The van der Waals surface area contributed by atoms with E-state index in [9.17, 15) is 14.5 Å². The summed E-state index contributed by atoms with van der Waals surface area (Å²) in [4.78, 5) is 31.1. The third-order valence-electron chi connectivity index (χ3n) is 3.37. The van der Waals surface area contributed by atoms with Crippen LogP contribution in [0.3, 0.4) is 0 Å². The van der Waals surface area contributed by atoms with Gasteiger partial charge in [-0.2, -0.15) is 0 Å². The Hall–Kier alpha value is -1.26. The predicted octanol–water partition coefficient (Wildman–Crippen LogP) is -1.36. The number of nitrogens with zero attached hydrogens (tertiary/aromatic N) is 3. The van der Waals surface area contributed by atoms with Gasteiger partial charge in [0, 0.05) is 0 Å². The van der Waals surface area contributed by atoms with E-state index < -0.39 is 30.3 Å². The number of aromatic amines is 1. The van der Waals surface area contributed by atoms with Crippen molar-refractivity contribution in [2.45, 2.75) is 24.9 Å². The fraction of sp³-hybridized carbons (Fsp3) is 0.500. The van der Waals surface area contributed by atoms with Gasteiger partial charge in [0.2, 0.25) is 0 Å². The van der Waals surface area contributed by atoms with Crippen LogP contribution >= 0.6 is 6.29 Å². The zero-order valence-corrected chi connectivity index (χ0v) is 14.1. The minimum absolute atomic E-state index is 0.0644. The minimum atomic E-state index is -3.79. The first-order valence-corrected chi connectivity index (χ1v) is 10.3. The summed E-state index contributed by atoms with van der Waals surface area (Å²) in [7, 11) is 0. The van der Waals surface area contributed by atoms with E-state index in [-0.39, 0.29) is 30.1 Å². The summed E-state index contributed by atoms with van der Waals surface area (Å²) in [5.74, 6) is -0.0644. The number of aromatic nitrogens is 4. The summed E-state index contributed by atoms with van der Waals surface area (Å²) in [6, 6.07) is 0. The second-order valence-electron chi connectivity index (χ2n) is 4.97. The average molecular weight is 409 g/mol. The van der Waals surface area contributed by atoms with Crippen molar-refractivity contribution in [1.29, 1.82) is 0 Å². The monoisotopic (exact) mass is 410 g/mol. The molecular formula is C10H13N5O6PSe. The summed E-state index contributed by atoms with van der Waals surface area (Å²) in [6.45, 7) is -0.263. The Morgan fingerprint density at radius 3 is 3.09 bits per heavy atom. The van der Waals surface area contributed by atoms with Crippen molar-refractivity contribution in [3.8, 4) is 0 Å². The molecule has 13 heteroatoms. The molecule has 3 rings (SSSR count). The maximum atomic E-state index is 11.7. The first-order chi connectivity index (χ1) is 10.7. The van der Waals surface area contributed by atoms with Gasteiger partial charge >= 0.3 is 136 Å². The molecule has 3 heterocycles. The third-order valence-corrected chi connectivity index (χ3v) is 4.51. The van der Waals surface area contributed by atoms with Crippen LogP contribution in [0, 0.1) is 0 Å². The Kier molecular flexibility index (Phi) is 4.32. The van der Waals surface area contributed by atoms with E-state index in [1.54, 1.807) is 0 Å². The van der Waals surface area contributed by atoms with E-state index in [0.29, 0.717) is 0 Å². The maximum absolute atomic E-state index is 11.7. The molecule has 1 radical (unpaired) electrons. The van der Waals surface area contributed by atoms with Crippen molar-refractivity contribution in [2.24, 2.45) is 0 Å². The SMILES string of the molecule is Nc1nc2c(ncn2[C@H]2C[C@H](O)[C@@H](COP(=O)(O)[Se])O2)c(=O)[nH]1. The molecule has 0 aliphatic carbocycles. The molecule has 1 aliphatic heterocycles. The molecule has 0 amide bonds. The zero-order chi connectivity index (χ0) is 16.8. The fourth-order valence-electron chi connectivity index (χ4n) is 2.36. The molecule has 1 unspecified atom stereocenters. The molecule has 0 spiro atoms. The topological polar surface area (TPSA) is 166 Å². The summed E-state index contributed by atoms with van der Waals surface area (Å²) in [5.41, 5.74) is 5.36. The van der Waals surface area contributed by atoms with Crippen LogP contribution in [-0.4, -0.2) is 63.9 Å². The molecule has 1 aliphatic rings. The molecule has 0 saturated carbocycles. The van der Waals surface area contributed by atoms with Gasteiger partial charge in [-0.1, -0.05) is 0 Å². The van der Waals surface area contributed by atoms with E-state index in [0.717, 1.165) is 0 Å². The summed E-state index contributed by atoms with van der Waals surface area (Å²) < 4.78 is 22.9. The first-order valence-electron chi connectivity index (χ1n) is 6.49. The number of anilines is 1. The normalized spacial score (nSPS) is 27.3. The quantitative estimate of drug-likeness (QED) is 0.352. The van der Waals surface area contributed by atoms with E-state index >= 15 is 0 Å². The van der Waals surface area contributed by atoms with Gasteiger partial charge in [-0.3, -0.25) is 0 Å². The van der Waals surface area contributed by atoms with Gasteiger partial charge in [-0.15, -0.1) is 0 Å². The number of aliphatic hydroxyl groups excluding tert-OH is 1. The average Bonchev–Trinajstić information content (AvgIpc) is 2.99. The number of nitrogens with two attached hydrogens (primary N) is 1. The molecule has 0 bridgehead atoms. The Morgan fingerprint density at radius 1 is 1.65 bits per heavy atom. The van der Waals surface area contributed by atoms with Gasteiger partial charge in [0.15, 0.2) is 0 Å². The molecule has 2 aromatic rings. The van der Waals surface area contributed by atoms with Crippen molar-refractivity contribution in [2.75, 3.05) is 12.3 Å². The summed E-state index contributed by atoms with van der Waals surface area (Å²) in [6.07, 6.45) is -4.62. The van der Waals surface area contributed by atoms with Gasteiger partial charge < -0.3 is 0 Å². The van der Waals surface area contributed by atoms with E-state index in [2.05, 4.69) is 15.0 Å². The molecular weight excluding hydrogens is 396 g/mol. The molecule has 4 atom stereocenters. The molecule has 125 valence electrons. The number of hydrogen-bond donors (Lipinski definition) is 4. The van der Waals surface area contributed by atoms with Crippen molar-refractivity contribution in [3.63, 3.8) is 0 Å². The summed E-state index contributed by atoms with van der Waals surface area (Å²) in [5, 5.41) is 10.0. The number of ether oxygens (including phenoxy) is 1. The fourth-order valence-corrected chi connectivity index (χ4v) is 3.08. The number of rotatable bonds is 4. The number of nitrogens with one attached hydrogen (secondary N) is 1. The zero-order valence-electron chi connectivity index (χ0n) is 11.5.